The highest BCUT2D eigenvalue weighted by Crippen LogP contribution is 2.20. The standard InChI is InChI=1S/C18H24F2N4OS.HI/c1-3-16-24-14(12-26-16)9-10-22-18(21-4-2)23-11-13-7-5-6-8-15(13)25-17(19)20;/h5-8,12,17H,3-4,9-11H2,1-2H3,(H2,21,22,23);1H. The lowest BCUT2D eigenvalue weighted by atomic mass is 10.2. The van der Waals surface area contributed by atoms with Gasteiger partial charge in [0, 0.05) is 30.5 Å². The van der Waals surface area contributed by atoms with E-state index in [1.54, 1.807) is 29.5 Å². The SMILES string of the molecule is CCNC(=NCc1ccccc1OC(F)F)NCCc1csc(CC)n1.I. The monoisotopic (exact) mass is 510 g/mol. The first-order valence-corrected chi connectivity index (χ1v) is 9.48. The van der Waals surface area contributed by atoms with Crippen molar-refractivity contribution < 1.29 is 13.5 Å². The van der Waals surface area contributed by atoms with Gasteiger partial charge in [-0.2, -0.15) is 8.78 Å². The summed E-state index contributed by atoms with van der Waals surface area (Å²) in [6, 6.07) is 6.68. The number of para-hydroxylation sites is 1. The fourth-order valence-corrected chi connectivity index (χ4v) is 3.07. The number of alkyl halides is 2. The summed E-state index contributed by atoms with van der Waals surface area (Å²) in [4.78, 5) is 8.99. The number of ether oxygens (including phenoxy) is 1. The Labute approximate surface area is 179 Å². The van der Waals surface area contributed by atoms with Crippen LogP contribution in [0.15, 0.2) is 34.6 Å². The van der Waals surface area contributed by atoms with E-state index in [-0.39, 0.29) is 36.3 Å². The molecular formula is C18H25F2IN4OS. The van der Waals surface area contributed by atoms with Gasteiger partial charge in [-0.25, -0.2) is 9.98 Å². The van der Waals surface area contributed by atoms with Crippen LogP contribution in [0.2, 0.25) is 0 Å². The third-order valence-electron chi connectivity index (χ3n) is 3.52. The second kappa shape index (κ2) is 12.8. The summed E-state index contributed by atoms with van der Waals surface area (Å²) in [6.45, 7) is 2.85. The van der Waals surface area contributed by atoms with Crippen molar-refractivity contribution in [1.82, 2.24) is 15.6 Å². The van der Waals surface area contributed by atoms with Crippen molar-refractivity contribution in [3.8, 4) is 5.75 Å². The molecule has 0 unspecified atom stereocenters. The van der Waals surface area contributed by atoms with E-state index in [1.165, 1.54) is 6.07 Å². The first kappa shape index (κ1) is 23.5. The number of hydrogen-bond acceptors (Lipinski definition) is 4. The molecule has 0 aliphatic rings. The van der Waals surface area contributed by atoms with Gasteiger partial charge in [-0.3, -0.25) is 0 Å². The van der Waals surface area contributed by atoms with Gasteiger partial charge in [0.1, 0.15) is 5.75 Å². The fraction of sp³-hybridized carbons (Fsp3) is 0.444. The van der Waals surface area contributed by atoms with E-state index in [2.05, 4.69) is 37.7 Å². The van der Waals surface area contributed by atoms with E-state index in [4.69, 9.17) is 0 Å². The van der Waals surface area contributed by atoms with Crippen LogP contribution in [0.25, 0.3) is 0 Å². The highest BCUT2D eigenvalue weighted by Gasteiger charge is 2.09. The number of aryl methyl sites for hydroxylation is 1. The van der Waals surface area contributed by atoms with Crippen LogP contribution in [0.1, 0.15) is 30.1 Å². The molecule has 0 saturated carbocycles. The number of aromatic nitrogens is 1. The van der Waals surface area contributed by atoms with Gasteiger partial charge in [0.2, 0.25) is 0 Å². The number of aliphatic imine (C=N–C) groups is 1. The summed E-state index contributed by atoms with van der Waals surface area (Å²) in [6.07, 6.45) is 1.74. The van der Waals surface area contributed by atoms with Crippen LogP contribution in [-0.4, -0.2) is 30.6 Å². The Balaban J connectivity index is 0.00000364. The van der Waals surface area contributed by atoms with Gasteiger partial charge in [0.05, 0.1) is 17.2 Å². The molecular weight excluding hydrogens is 485 g/mol. The molecule has 0 spiro atoms. The van der Waals surface area contributed by atoms with Crippen LogP contribution in [0.5, 0.6) is 5.75 Å². The highest BCUT2D eigenvalue weighted by atomic mass is 127. The molecule has 2 aromatic rings. The smallest absolute Gasteiger partial charge is 0.387 e. The Hall–Kier alpha value is -1.49. The molecule has 2 N–H and O–H groups in total. The summed E-state index contributed by atoms with van der Waals surface area (Å²) in [5.41, 5.74) is 1.67. The van der Waals surface area contributed by atoms with E-state index in [9.17, 15) is 8.78 Å². The average molecular weight is 510 g/mol. The minimum absolute atomic E-state index is 0. The largest absolute Gasteiger partial charge is 0.434 e. The Morgan fingerprint density at radius 1 is 1.26 bits per heavy atom. The molecule has 27 heavy (non-hydrogen) atoms. The Morgan fingerprint density at radius 2 is 2.04 bits per heavy atom. The van der Waals surface area contributed by atoms with Crippen molar-refractivity contribution in [3.05, 3.63) is 45.9 Å². The predicted molar refractivity (Wildman–Crippen MR) is 117 cm³/mol. The van der Waals surface area contributed by atoms with E-state index < -0.39 is 6.61 Å². The molecule has 0 atom stereocenters. The van der Waals surface area contributed by atoms with Crippen LogP contribution >= 0.6 is 35.3 Å². The normalized spacial score (nSPS) is 11.2. The number of benzene rings is 1. The summed E-state index contributed by atoms with van der Waals surface area (Å²) >= 11 is 1.67. The molecule has 0 saturated heterocycles. The molecule has 5 nitrogen and oxygen atoms in total. The minimum atomic E-state index is -2.85. The Bertz CT molecular complexity index is 712. The van der Waals surface area contributed by atoms with Crippen LogP contribution in [0.4, 0.5) is 8.78 Å². The average Bonchev–Trinajstić information content (AvgIpc) is 3.08. The zero-order valence-corrected chi connectivity index (χ0v) is 18.5. The number of nitrogens with zero attached hydrogens (tertiary/aromatic N) is 2. The number of guanidine groups is 1. The molecule has 150 valence electrons. The summed E-state index contributed by atoms with van der Waals surface area (Å²) in [7, 11) is 0. The van der Waals surface area contributed by atoms with Gasteiger partial charge in [0.15, 0.2) is 5.96 Å². The maximum absolute atomic E-state index is 12.5. The first-order valence-electron chi connectivity index (χ1n) is 8.60. The molecule has 1 aromatic heterocycles. The minimum Gasteiger partial charge on any atom is -0.434 e. The van der Waals surface area contributed by atoms with Gasteiger partial charge < -0.3 is 15.4 Å². The molecule has 1 aromatic carbocycles. The number of nitrogens with one attached hydrogen (secondary N) is 2. The summed E-state index contributed by atoms with van der Waals surface area (Å²) in [5.74, 6) is 0.780. The zero-order chi connectivity index (χ0) is 18.8. The number of hydrogen-bond donors (Lipinski definition) is 2. The second-order valence-corrected chi connectivity index (χ2v) is 6.39. The van der Waals surface area contributed by atoms with E-state index in [1.807, 2.05) is 6.92 Å². The summed E-state index contributed by atoms with van der Waals surface area (Å²) < 4.78 is 29.5. The van der Waals surface area contributed by atoms with Gasteiger partial charge in [-0.1, -0.05) is 25.1 Å². The van der Waals surface area contributed by atoms with Gasteiger partial charge >= 0.3 is 6.61 Å². The Kier molecular flexibility index (Phi) is 11.2. The van der Waals surface area contributed by atoms with E-state index in [0.717, 1.165) is 23.5 Å². The van der Waals surface area contributed by atoms with Crippen molar-refractivity contribution in [1.29, 1.82) is 0 Å². The lowest BCUT2D eigenvalue weighted by Gasteiger charge is -2.12. The van der Waals surface area contributed by atoms with Crippen LogP contribution in [-0.2, 0) is 19.4 Å². The van der Waals surface area contributed by atoms with Gasteiger partial charge in [-0.15, -0.1) is 35.3 Å². The van der Waals surface area contributed by atoms with Crippen molar-refractivity contribution in [2.45, 2.75) is 39.8 Å². The quantitative estimate of drug-likeness (QED) is 0.302. The second-order valence-electron chi connectivity index (χ2n) is 5.44. The maximum Gasteiger partial charge on any atom is 0.387 e. The van der Waals surface area contributed by atoms with Crippen LogP contribution in [0, 0.1) is 0 Å². The molecule has 0 aliphatic heterocycles. The molecule has 0 radical (unpaired) electrons. The third-order valence-corrected chi connectivity index (χ3v) is 4.56. The van der Waals surface area contributed by atoms with Crippen molar-refractivity contribution >= 4 is 41.3 Å². The maximum atomic E-state index is 12.5. The first-order chi connectivity index (χ1) is 12.6. The zero-order valence-electron chi connectivity index (χ0n) is 15.4. The molecule has 0 aliphatic carbocycles. The van der Waals surface area contributed by atoms with E-state index in [0.29, 0.717) is 24.6 Å². The number of thiazole rings is 1. The van der Waals surface area contributed by atoms with Gasteiger partial charge in [-0.05, 0) is 19.4 Å². The lowest BCUT2D eigenvalue weighted by Crippen LogP contribution is -2.38. The number of halogens is 3. The van der Waals surface area contributed by atoms with E-state index >= 15 is 0 Å². The summed E-state index contributed by atoms with van der Waals surface area (Å²) in [5, 5.41) is 9.60. The van der Waals surface area contributed by atoms with Crippen LogP contribution < -0.4 is 15.4 Å². The number of rotatable bonds is 9. The topological polar surface area (TPSA) is 58.5 Å². The lowest BCUT2D eigenvalue weighted by molar-refractivity contribution is -0.0504. The molecule has 9 heteroatoms. The molecule has 1 heterocycles. The fourth-order valence-electron chi connectivity index (χ4n) is 2.29. The van der Waals surface area contributed by atoms with Crippen molar-refractivity contribution in [2.24, 2.45) is 4.99 Å². The third kappa shape index (κ3) is 8.37. The Morgan fingerprint density at radius 3 is 2.70 bits per heavy atom. The molecule has 0 bridgehead atoms. The van der Waals surface area contributed by atoms with Gasteiger partial charge in [0.25, 0.3) is 0 Å². The predicted octanol–water partition coefficient (Wildman–Crippen LogP) is 4.22. The molecule has 0 amide bonds. The van der Waals surface area contributed by atoms with Crippen LogP contribution in [0.3, 0.4) is 0 Å². The molecule has 2 rings (SSSR count). The highest BCUT2D eigenvalue weighted by molar-refractivity contribution is 14.0. The molecule has 0 fully saturated rings. The van der Waals surface area contributed by atoms with Crippen molar-refractivity contribution in [2.75, 3.05) is 13.1 Å². The van der Waals surface area contributed by atoms with Crippen molar-refractivity contribution in [3.63, 3.8) is 0 Å².